The minimum absolute atomic E-state index is 0.0145. The van der Waals surface area contributed by atoms with Crippen LogP contribution in [0.4, 0.5) is 34.1 Å². The molecule has 0 saturated heterocycles. The van der Waals surface area contributed by atoms with Crippen molar-refractivity contribution in [1.29, 1.82) is 0 Å². The van der Waals surface area contributed by atoms with E-state index in [-0.39, 0.29) is 40.7 Å². The minimum Gasteiger partial charge on any atom is -0.310 e. The van der Waals surface area contributed by atoms with E-state index in [1.54, 1.807) is 0 Å². The van der Waals surface area contributed by atoms with Gasteiger partial charge in [-0.05, 0) is 193 Å². The number of rotatable bonds is 12. The van der Waals surface area contributed by atoms with Gasteiger partial charge in [0.2, 0.25) is 0 Å². The van der Waals surface area contributed by atoms with Gasteiger partial charge >= 0.3 is 0 Å². The van der Waals surface area contributed by atoms with Gasteiger partial charge in [0.15, 0.2) is 0 Å². The summed E-state index contributed by atoms with van der Waals surface area (Å²) >= 11 is 0. The van der Waals surface area contributed by atoms with Crippen molar-refractivity contribution in [3.05, 3.63) is 415 Å². The molecule has 1 atom stereocenters. The number of hydrogen-bond acceptors (Lipinski definition) is 2. The molecule has 1 unspecified atom stereocenters. The second-order valence-electron chi connectivity index (χ2n) is 30.7. The molecule has 2 heterocycles. The van der Waals surface area contributed by atoms with Gasteiger partial charge in [0, 0.05) is 45.0 Å². The molecule has 0 radical (unpaired) electrons. The van der Waals surface area contributed by atoms with Crippen LogP contribution in [0.3, 0.4) is 0 Å². The van der Waals surface area contributed by atoms with Gasteiger partial charge in [-0.25, -0.2) is 0 Å². The second kappa shape index (κ2) is 26.3. The van der Waals surface area contributed by atoms with Crippen molar-refractivity contribution in [2.75, 3.05) is 9.80 Å². The van der Waals surface area contributed by atoms with Crippen LogP contribution in [0.1, 0.15) is 88.6 Å². The summed E-state index contributed by atoms with van der Waals surface area (Å²) in [5.41, 5.74) is 26.2. The molecular weight excluding hydrogens is 1300 g/mol. The molecular formula is C105H81BN2. The summed E-state index contributed by atoms with van der Waals surface area (Å²) in [7, 11) is 0. The van der Waals surface area contributed by atoms with Gasteiger partial charge in [-0.15, -0.1) is 0 Å². The highest BCUT2D eigenvalue weighted by atomic mass is 15.2. The summed E-state index contributed by atoms with van der Waals surface area (Å²) in [6.07, 6.45) is 0. The van der Waals surface area contributed by atoms with Crippen molar-refractivity contribution in [2.24, 2.45) is 0 Å². The molecule has 0 bridgehead atoms. The Balaban J connectivity index is 1.02. The fourth-order valence-corrected chi connectivity index (χ4v) is 17.3. The third-order valence-electron chi connectivity index (χ3n) is 22.4. The van der Waals surface area contributed by atoms with Crippen molar-refractivity contribution in [1.82, 2.24) is 0 Å². The molecule has 0 amide bonds. The lowest BCUT2D eigenvalue weighted by Crippen LogP contribution is -2.61. The smallest absolute Gasteiger partial charge is 0.252 e. The van der Waals surface area contributed by atoms with Gasteiger partial charge in [-0.2, -0.15) is 0 Å². The summed E-state index contributed by atoms with van der Waals surface area (Å²) in [6, 6.07) is 110. The van der Waals surface area contributed by atoms with Crippen LogP contribution in [-0.2, 0) is 16.2 Å². The van der Waals surface area contributed by atoms with Crippen LogP contribution >= 0.6 is 0 Å². The zero-order chi connectivity index (χ0) is 81.5. The van der Waals surface area contributed by atoms with E-state index < -0.39 is 53.8 Å². The SMILES string of the molecule is [2H]c1c([2H])c([2H])c(-c2ccc3c(c2)B2c4ccc(-c5cccc6c5C(c5ccccc5)(c5cccc(-c7ccccc7)c5)c5ccccc5-6)cc4N(c4c(-c5ccccc5)cc(C(C)(C)C)cc4-c4ccccc4)c4cc(-c5c([2H])c([2H])c([2H])c([2H])c5[2H])cc(c42)N3c2c(-c3ccccc3)cc(C(C)(C)C)cc2-c2ccccc2)c([2H])c1[2H]. The molecule has 16 aromatic rings. The lowest BCUT2D eigenvalue weighted by atomic mass is 9.33. The van der Waals surface area contributed by atoms with E-state index in [1.165, 1.54) is 0 Å². The first kappa shape index (κ1) is 55.6. The Bertz CT molecular complexity index is 6590. The number of hydrogen-bond donors (Lipinski definition) is 0. The van der Waals surface area contributed by atoms with Gasteiger partial charge in [0.1, 0.15) is 0 Å². The van der Waals surface area contributed by atoms with Gasteiger partial charge in [0.25, 0.3) is 6.71 Å². The Morgan fingerprint density at radius 3 is 1.19 bits per heavy atom. The summed E-state index contributed by atoms with van der Waals surface area (Å²) in [4.78, 5) is 4.72. The van der Waals surface area contributed by atoms with Gasteiger partial charge < -0.3 is 9.80 Å². The predicted octanol–water partition coefficient (Wildman–Crippen LogP) is 26.1. The van der Waals surface area contributed by atoms with E-state index in [1.807, 2.05) is 48.5 Å². The second-order valence-corrected chi connectivity index (χ2v) is 30.7. The Kier molecular flexibility index (Phi) is 13.6. The minimum atomic E-state index is -0.901. The maximum atomic E-state index is 10.2. The molecule has 2 aliphatic heterocycles. The van der Waals surface area contributed by atoms with Crippen LogP contribution in [0.2, 0.25) is 0 Å². The van der Waals surface area contributed by atoms with E-state index in [9.17, 15) is 11.0 Å². The largest absolute Gasteiger partial charge is 0.310 e. The van der Waals surface area contributed by atoms with Crippen molar-refractivity contribution >= 4 is 57.2 Å². The molecule has 1 aliphatic carbocycles. The maximum Gasteiger partial charge on any atom is 0.252 e. The zero-order valence-corrected chi connectivity index (χ0v) is 61.1. The Morgan fingerprint density at radius 1 is 0.269 bits per heavy atom. The lowest BCUT2D eigenvalue weighted by Gasteiger charge is -2.46. The number of anilines is 6. The van der Waals surface area contributed by atoms with Crippen LogP contribution in [0, 0.1) is 0 Å². The monoisotopic (exact) mass is 1390 g/mol. The summed E-state index contributed by atoms with van der Waals surface area (Å²) in [5.74, 6) is 0. The standard InChI is InChI=1S/C105H81BN2/c1-103(2,3)83-66-88(73-41-21-10-22-42-73)101(89(67-83)74-43-23-11-24-44-74)107-95-60-58-78(71-37-17-8-18-38-71)62-94(95)106-93-59-57-79(85-54-34-55-87-86-53-31-32-56-92(86)105(99(85)87,81-50-29-14-30-51-81)82-52-33-49-77(61-82)70-35-15-7-16-36-70)63-96(93)108(98-65-80(64-97(107)100(98)106)72-39-19-9-20-40-72)102-90(75-45-25-12-26-46-75)68-84(104(4,5)6)69-91(102)76-47-27-13-28-48-76/h7-69H,1-6H3/i8D,9D,17D,18D,19D,20D,37D,38D,39D,40D. The third kappa shape index (κ3) is 11.0. The average molecular weight is 1390 g/mol. The Morgan fingerprint density at radius 2 is 0.667 bits per heavy atom. The summed E-state index contributed by atoms with van der Waals surface area (Å²) in [5, 5.41) is 0. The zero-order valence-electron chi connectivity index (χ0n) is 71.1. The van der Waals surface area contributed by atoms with E-state index in [0.29, 0.717) is 28.2 Å². The van der Waals surface area contributed by atoms with E-state index in [2.05, 4.69) is 324 Å². The number of fused-ring (bicyclic) bond motifs is 7. The predicted molar refractivity (Wildman–Crippen MR) is 459 cm³/mol. The fraction of sp³-hybridized carbons (Fsp3) is 0.0857. The molecule has 0 spiro atoms. The molecule has 0 N–H and O–H groups in total. The molecule has 3 heteroatoms. The van der Waals surface area contributed by atoms with Crippen molar-refractivity contribution in [3.8, 4) is 100 Å². The van der Waals surface area contributed by atoms with E-state index >= 15 is 0 Å². The molecule has 3 aliphatic rings. The molecule has 0 fully saturated rings. The average Bonchev–Trinajstić information content (AvgIpc) is 1.46. The van der Waals surface area contributed by atoms with E-state index in [0.717, 1.165) is 145 Å². The maximum absolute atomic E-state index is 10.2. The van der Waals surface area contributed by atoms with Gasteiger partial charge in [0.05, 0.1) is 30.5 Å². The molecule has 514 valence electrons. The molecule has 2 nitrogen and oxygen atoms in total. The Labute approximate surface area is 650 Å². The van der Waals surface area contributed by atoms with Crippen LogP contribution in [-0.4, -0.2) is 6.71 Å². The first-order chi connectivity index (χ1) is 57.0. The highest BCUT2D eigenvalue weighted by Gasteiger charge is 2.50. The van der Waals surface area contributed by atoms with Crippen molar-refractivity contribution < 1.29 is 13.7 Å². The molecule has 19 rings (SSSR count). The quantitative estimate of drug-likeness (QED) is 0.113. The normalized spacial score (nSPS) is 15.3. The Hall–Kier alpha value is -12.8. The molecule has 0 saturated carbocycles. The van der Waals surface area contributed by atoms with Crippen molar-refractivity contribution in [2.45, 2.75) is 57.8 Å². The number of benzene rings is 16. The topological polar surface area (TPSA) is 6.48 Å². The molecule has 0 aromatic heterocycles. The highest BCUT2D eigenvalue weighted by molar-refractivity contribution is 7.00. The molecule has 16 aromatic carbocycles. The summed E-state index contributed by atoms with van der Waals surface area (Å²) < 4.78 is 95.5. The van der Waals surface area contributed by atoms with Gasteiger partial charge in [-0.1, -0.05) is 369 Å². The first-order valence-corrected chi connectivity index (χ1v) is 37.3. The lowest BCUT2D eigenvalue weighted by molar-refractivity contribution is 0.590. The first-order valence-electron chi connectivity index (χ1n) is 42.3. The highest BCUT2D eigenvalue weighted by Crippen LogP contribution is 2.61. The van der Waals surface area contributed by atoms with Crippen LogP contribution in [0.15, 0.2) is 382 Å². The van der Waals surface area contributed by atoms with Crippen LogP contribution in [0.25, 0.3) is 100 Å². The fourth-order valence-electron chi connectivity index (χ4n) is 17.3. The molecule has 108 heavy (non-hydrogen) atoms. The van der Waals surface area contributed by atoms with Crippen LogP contribution in [0.5, 0.6) is 0 Å². The third-order valence-corrected chi connectivity index (χ3v) is 22.4. The summed E-state index contributed by atoms with van der Waals surface area (Å²) in [6.45, 7) is 12.6. The van der Waals surface area contributed by atoms with Crippen LogP contribution < -0.4 is 26.2 Å². The number of nitrogens with zero attached hydrogens (tertiary/aromatic N) is 2. The van der Waals surface area contributed by atoms with E-state index in [4.69, 9.17) is 2.74 Å². The van der Waals surface area contributed by atoms with Gasteiger partial charge in [-0.3, -0.25) is 0 Å². The van der Waals surface area contributed by atoms with Crippen molar-refractivity contribution in [3.63, 3.8) is 0 Å².